The van der Waals surface area contributed by atoms with E-state index < -0.39 is 4.92 Å². The van der Waals surface area contributed by atoms with E-state index in [4.69, 9.17) is 17.0 Å². The van der Waals surface area contributed by atoms with Crippen LogP contribution >= 0.6 is 12.2 Å². The highest BCUT2D eigenvalue weighted by molar-refractivity contribution is 7.80. The molecular weight excluding hydrogens is 504 g/mol. The van der Waals surface area contributed by atoms with E-state index in [-0.39, 0.29) is 23.7 Å². The number of nitrogens with zero attached hydrogens (tertiary/aromatic N) is 4. The van der Waals surface area contributed by atoms with E-state index >= 15 is 0 Å². The lowest BCUT2D eigenvalue weighted by Crippen LogP contribution is -2.30. The van der Waals surface area contributed by atoms with Gasteiger partial charge in [0.25, 0.3) is 5.69 Å². The number of nitro benzene ring substituents is 1. The number of ether oxygens (including phenoxy) is 1. The molecule has 0 spiro atoms. The maximum Gasteiger partial charge on any atom is 0.269 e. The minimum absolute atomic E-state index is 0.0166. The fraction of sp³-hybridized carbons (Fsp3) is 0.148. The molecule has 4 aromatic rings. The van der Waals surface area contributed by atoms with Crippen molar-refractivity contribution >= 4 is 40.3 Å². The number of methoxy groups -OCH3 is 1. The number of carbonyl (C=O) groups is 1. The maximum atomic E-state index is 11.9. The fourth-order valence-corrected chi connectivity index (χ4v) is 5.02. The average molecular weight is 529 g/mol. The molecule has 1 fully saturated rings. The molecule has 10 nitrogen and oxygen atoms in total. The Morgan fingerprint density at radius 3 is 2.53 bits per heavy atom. The summed E-state index contributed by atoms with van der Waals surface area (Å²) in [5.41, 5.74) is 3.73. The van der Waals surface area contributed by atoms with Crippen molar-refractivity contribution in [3.8, 4) is 11.4 Å². The molecule has 2 aromatic heterocycles. The van der Waals surface area contributed by atoms with Crippen LogP contribution in [0, 0.1) is 10.1 Å². The molecular formula is C27H24N6O4S. The summed E-state index contributed by atoms with van der Waals surface area (Å²) in [5, 5.41) is 17.9. The Bertz CT molecular complexity index is 1510. The van der Waals surface area contributed by atoms with E-state index in [9.17, 15) is 14.9 Å². The topological polar surface area (TPSA) is 115 Å². The van der Waals surface area contributed by atoms with Crippen molar-refractivity contribution in [2.75, 3.05) is 17.3 Å². The van der Waals surface area contributed by atoms with Crippen LogP contribution in [-0.2, 0) is 4.79 Å². The van der Waals surface area contributed by atoms with Crippen LogP contribution in [0.1, 0.15) is 30.4 Å². The van der Waals surface area contributed by atoms with Gasteiger partial charge in [-0.05, 0) is 66.8 Å². The molecule has 2 N–H and O–H groups in total. The second kappa shape index (κ2) is 10.3. The largest absolute Gasteiger partial charge is 0.495 e. The molecule has 1 amide bonds. The van der Waals surface area contributed by atoms with Crippen LogP contribution in [0.25, 0.3) is 5.69 Å². The Kier molecular flexibility index (Phi) is 6.75. The average Bonchev–Trinajstić information content (AvgIpc) is 3.53. The van der Waals surface area contributed by atoms with Gasteiger partial charge in [-0.2, -0.15) is 0 Å². The summed E-state index contributed by atoms with van der Waals surface area (Å²) >= 11 is 5.83. The van der Waals surface area contributed by atoms with Gasteiger partial charge in [0.05, 0.1) is 29.5 Å². The minimum atomic E-state index is -0.422. The maximum absolute atomic E-state index is 11.9. The number of non-ortho nitro benzene ring substituents is 1. The lowest BCUT2D eigenvalue weighted by Gasteiger charge is -2.29. The van der Waals surface area contributed by atoms with Crippen molar-refractivity contribution in [3.63, 3.8) is 0 Å². The first kappa shape index (κ1) is 24.9. The summed E-state index contributed by atoms with van der Waals surface area (Å²) in [6.45, 7) is 1.44. The minimum Gasteiger partial charge on any atom is -0.495 e. The second-order valence-corrected chi connectivity index (χ2v) is 9.03. The number of nitrogens with one attached hydrogen (secondary N) is 2. The molecule has 0 unspecified atom stereocenters. The first-order valence-electron chi connectivity index (χ1n) is 11.8. The first-order chi connectivity index (χ1) is 18.4. The van der Waals surface area contributed by atoms with Gasteiger partial charge in [0.2, 0.25) is 5.91 Å². The summed E-state index contributed by atoms with van der Waals surface area (Å²) in [6.07, 6.45) is 3.64. The highest BCUT2D eigenvalue weighted by Crippen LogP contribution is 2.43. The van der Waals surface area contributed by atoms with E-state index in [2.05, 4.69) is 15.6 Å². The fourth-order valence-electron chi connectivity index (χ4n) is 4.67. The zero-order chi connectivity index (χ0) is 26.8. The lowest BCUT2D eigenvalue weighted by molar-refractivity contribution is -0.384. The molecule has 2 atom stereocenters. The van der Waals surface area contributed by atoms with E-state index in [0.29, 0.717) is 16.5 Å². The molecule has 0 aliphatic carbocycles. The lowest BCUT2D eigenvalue weighted by atomic mass is 10.0. The van der Waals surface area contributed by atoms with E-state index in [0.717, 1.165) is 22.8 Å². The van der Waals surface area contributed by atoms with Crippen LogP contribution in [0.5, 0.6) is 5.75 Å². The van der Waals surface area contributed by atoms with Crippen LogP contribution in [-0.4, -0.2) is 32.6 Å². The molecule has 38 heavy (non-hydrogen) atoms. The summed E-state index contributed by atoms with van der Waals surface area (Å²) in [5.74, 6) is 0.298. The van der Waals surface area contributed by atoms with Crippen LogP contribution in [0.3, 0.4) is 0 Å². The number of benzene rings is 2. The highest BCUT2D eigenvalue weighted by Gasteiger charge is 2.42. The van der Waals surface area contributed by atoms with Gasteiger partial charge in [-0.1, -0.05) is 6.07 Å². The van der Waals surface area contributed by atoms with Crippen molar-refractivity contribution < 1.29 is 14.5 Å². The van der Waals surface area contributed by atoms with Crippen molar-refractivity contribution in [2.45, 2.75) is 19.0 Å². The van der Waals surface area contributed by atoms with Gasteiger partial charge in [0.15, 0.2) is 5.11 Å². The van der Waals surface area contributed by atoms with Crippen molar-refractivity contribution in [1.29, 1.82) is 0 Å². The predicted octanol–water partition coefficient (Wildman–Crippen LogP) is 4.92. The summed E-state index contributed by atoms with van der Waals surface area (Å²) < 4.78 is 7.42. The number of amides is 1. The number of rotatable bonds is 7. The van der Waals surface area contributed by atoms with Gasteiger partial charge in [0.1, 0.15) is 11.8 Å². The van der Waals surface area contributed by atoms with Crippen LogP contribution in [0.15, 0.2) is 85.2 Å². The summed E-state index contributed by atoms with van der Waals surface area (Å²) in [4.78, 5) is 29.2. The van der Waals surface area contributed by atoms with Crippen LogP contribution < -0.4 is 20.3 Å². The predicted molar refractivity (Wildman–Crippen MR) is 148 cm³/mol. The van der Waals surface area contributed by atoms with Gasteiger partial charge < -0.3 is 24.8 Å². The van der Waals surface area contributed by atoms with Gasteiger partial charge in [-0.3, -0.25) is 19.9 Å². The number of aromatic nitrogens is 2. The third-order valence-electron chi connectivity index (χ3n) is 6.29. The molecule has 1 saturated heterocycles. The molecule has 1 aliphatic rings. The van der Waals surface area contributed by atoms with E-state index in [1.54, 1.807) is 31.5 Å². The molecule has 2 aromatic carbocycles. The Morgan fingerprint density at radius 1 is 1.11 bits per heavy atom. The summed E-state index contributed by atoms with van der Waals surface area (Å²) in [7, 11) is 1.54. The number of hydrogen-bond acceptors (Lipinski definition) is 6. The number of hydrogen-bond donors (Lipinski definition) is 2. The monoisotopic (exact) mass is 528 g/mol. The molecule has 3 heterocycles. The normalized spacial score (nSPS) is 16.7. The molecule has 1 aliphatic heterocycles. The first-order valence-corrected chi connectivity index (χ1v) is 12.2. The zero-order valence-electron chi connectivity index (χ0n) is 20.6. The quantitative estimate of drug-likeness (QED) is 0.197. The van der Waals surface area contributed by atoms with Gasteiger partial charge in [0, 0.05) is 48.5 Å². The second-order valence-electron chi connectivity index (χ2n) is 8.64. The highest BCUT2D eigenvalue weighted by atomic mass is 32.1. The Hall–Kier alpha value is -4.77. The van der Waals surface area contributed by atoms with Crippen molar-refractivity contribution in [3.05, 3.63) is 107 Å². The molecule has 192 valence electrons. The van der Waals surface area contributed by atoms with E-state index in [1.165, 1.54) is 19.1 Å². The summed E-state index contributed by atoms with van der Waals surface area (Å²) in [6, 6.07) is 20.8. The third-order valence-corrected chi connectivity index (χ3v) is 6.61. The smallest absolute Gasteiger partial charge is 0.269 e. The van der Waals surface area contributed by atoms with Gasteiger partial charge in [-0.25, -0.2) is 0 Å². The number of pyridine rings is 1. The molecule has 0 radical (unpaired) electrons. The molecule has 11 heteroatoms. The number of thiocarbonyl (C=S) groups is 1. The number of nitro groups is 1. The van der Waals surface area contributed by atoms with Crippen molar-refractivity contribution in [2.24, 2.45) is 0 Å². The molecule has 0 bridgehead atoms. The zero-order valence-corrected chi connectivity index (χ0v) is 21.4. The SMILES string of the molecule is COc1ccc(N2C(=S)N[C@@H](c3ccccn3)[C@H]2c2cccn2-c2ccc([N+](=O)[O-])cc2)cc1NC(C)=O. The number of anilines is 2. The van der Waals surface area contributed by atoms with Gasteiger partial charge >= 0.3 is 0 Å². The Morgan fingerprint density at radius 2 is 1.87 bits per heavy atom. The molecule has 0 saturated carbocycles. The Labute approximate surface area is 224 Å². The van der Waals surface area contributed by atoms with Crippen LogP contribution in [0.4, 0.5) is 17.1 Å². The van der Waals surface area contributed by atoms with Gasteiger partial charge in [-0.15, -0.1) is 0 Å². The molecule has 5 rings (SSSR count). The van der Waals surface area contributed by atoms with Crippen molar-refractivity contribution in [1.82, 2.24) is 14.9 Å². The third kappa shape index (κ3) is 4.66. The van der Waals surface area contributed by atoms with Crippen LogP contribution in [0.2, 0.25) is 0 Å². The Balaban J connectivity index is 1.64. The number of carbonyl (C=O) groups excluding carboxylic acids is 1. The standard InChI is InChI=1S/C27H24N6O4S/c1-17(34)29-22-16-20(12-13-24(22)37-2)32-26(25(30-27(32)38)21-6-3-4-14-28-21)23-7-5-15-31(23)18-8-10-19(11-9-18)33(35)36/h3-16,25-26H,1-2H3,(H,29,34)(H,30,38)/t25-,26+/m0/s1. The van der Waals surface area contributed by atoms with E-state index in [1.807, 2.05) is 58.1 Å².